The number of carbonyl (C=O) groups is 1. The second kappa shape index (κ2) is 10.0. The fourth-order valence-electron chi connectivity index (χ4n) is 4.14. The van der Waals surface area contributed by atoms with E-state index in [0.29, 0.717) is 34.9 Å². The Morgan fingerprint density at radius 3 is 2.66 bits per heavy atom. The molecule has 2 aliphatic carbocycles. The molecule has 1 heterocycles. The minimum atomic E-state index is -0.402. The van der Waals surface area contributed by atoms with Gasteiger partial charge >= 0.3 is 0 Å². The molecule has 1 amide bonds. The number of hydrogen-bond donors (Lipinski definition) is 1. The van der Waals surface area contributed by atoms with E-state index in [4.69, 9.17) is 19.5 Å². The van der Waals surface area contributed by atoms with Gasteiger partial charge in [0.1, 0.15) is 6.10 Å². The number of amides is 1. The van der Waals surface area contributed by atoms with Crippen LogP contribution in [-0.4, -0.2) is 41.9 Å². The Morgan fingerprint density at radius 2 is 1.97 bits per heavy atom. The van der Waals surface area contributed by atoms with Crippen LogP contribution in [0.4, 0.5) is 4.39 Å². The first-order chi connectivity index (χ1) is 15.4. The zero-order valence-corrected chi connectivity index (χ0v) is 19.1. The van der Waals surface area contributed by atoms with Crippen LogP contribution >= 0.6 is 11.3 Å². The third kappa shape index (κ3) is 5.48. The van der Waals surface area contributed by atoms with Gasteiger partial charge in [0.25, 0.3) is 5.19 Å². The van der Waals surface area contributed by atoms with Crippen LogP contribution in [0.15, 0.2) is 12.1 Å². The Bertz CT molecular complexity index is 993. The number of benzene rings is 1. The van der Waals surface area contributed by atoms with E-state index in [0.717, 1.165) is 25.7 Å². The van der Waals surface area contributed by atoms with Gasteiger partial charge in [0.15, 0.2) is 11.6 Å². The van der Waals surface area contributed by atoms with Gasteiger partial charge in [0, 0.05) is 25.8 Å². The molecule has 2 aliphatic rings. The Morgan fingerprint density at radius 1 is 1.25 bits per heavy atom. The summed E-state index contributed by atoms with van der Waals surface area (Å²) < 4.78 is 33.2. The molecule has 0 bridgehead atoms. The predicted molar refractivity (Wildman–Crippen MR) is 118 cm³/mol. The van der Waals surface area contributed by atoms with Gasteiger partial charge in [-0.2, -0.15) is 5.26 Å². The number of nitriles is 1. The van der Waals surface area contributed by atoms with E-state index in [1.54, 1.807) is 12.1 Å². The van der Waals surface area contributed by atoms with E-state index < -0.39 is 5.82 Å². The van der Waals surface area contributed by atoms with Crippen LogP contribution in [-0.2, 0) is 9.53 Å². The highest BCUT2D eigenvalue weighted by Crippen LogP contribution is 2.38. The fraction of sp³-hybridized carbons (Fsp3) is 0.609. The normalized spacial score (nSPS) is 26.1. The molecule has 172 valence electrons. The molecule has 0 unspecified atom stereocenters. The fourth-order valence-corrected chi connectivity index (χ4v) is 5.05. The second-order valence-corrected chi connectivity index (χ2v) is 9.66. The molecule has 2 fully saturated rings. The van der Waals surface area contributed by atoms with Crippen molar-refractivity contribution in [3.63, 3.8) is 0 Å². The third-order valence-corrected chi connectivity index (χ3v) is 6.89. The molecule has 0 saturated heterocycles. The molecule has 7 nitrogen and oxygen atoms in total. The quantitative estimate of drug-likeness (QED) is 0.628. The summed E-state index contributed by atoms with van der Waals surface area (Å²) >= 11 is 1.18. The molecule has 0 spiro atoms. The number of hydrogen-bond acceptors (Lipinski definition) is 7. The first kappa shape index (κ1) is 22.7. The molecule has 1 aromatic carbocycles. The van der Waals surface area contributed by atoms with Gasteiger partial charge in [-0.3, -0.25) is 4.79 Å². The summed E-state index contributed by atoms with van der Waals surface area (Å²) in [6.45, 7) is 3.89. The van der Waals surface area contributed by atoms with Crippen molar-refractivity contribution in [2.45, 2.75) is 76.7 Å². The molecule has 1 aromatic heterocycles. The van der Waals surface area contributed by atoms with Crippen LogP contribution in [0.5, 0.6) is 10.9 Å². The molecule has 2 saturated carbocycles. The summed E-state index contributed by atoms with van der Waals surface area (Å²) in [5.41, 5.74) is 0.552. The van der Waals surface area contributed by atoms with Gasteiger partial charge < -0.3 is 19.5 Å². The Hall–Kier alpha value is -2.44. The number of nitrogens with zero attached hydrogens (tertiary/aromatic N) is 2. The van der Waals surface area contributed by atoms with Crippen LogP contribution < -0.4 is 14.8 Å². The van der Waals surface area contributed by atoms with Gasteiger partial charge in [-0.15, -0.1) is 0 Å². The largest absolute Gasteiger partial charge is 0.487 e. The first-order valence-electron chi connectivity index (χ1n) is 11.1. The number of rotatable bonds is 8. The smallest absolute Gasteiger partial charge is 0.274 e. The van der Waals surface area contributed by atoms with E-state index in [-0.39, 0.29) is 41.9 Å². The number of ether oxygens (including phenoxy) is 3. The number of halogens is 1. The highest BCUT2D eigenvalue weighted by Gasteiger charge is 2.32. The molecular formula is C23H28FN3O4S. The van der Waals surface area contributed by atoms with Crippen molar-refractivity contribution in [1.29, 1.82) is 5.26 Å². The third-order valence-electron chi connectivity index (χ3n) is 5.93. The van der Waals surface area contributed by atoms with Crippen LogP contribution in [0, 0.1) is 23.1 Å². The summed E-state index contributed by atoms with van der Waals surface area (Å²) in [6.07, 6.45) is 4.70. The van der Waals surface area contributed by atoms with Crippen LogP contribution in [0.3, 0.4) is 0 Å². The number of fused-ring (bicyclic) bond motifs is 1. The monoisotopic (exact) mass is 461 g/mol. The maximum Gasteiger partial charge on any atom is 0.274 e. The van der Waals surface area contributed by atoms with Gasteiger partial charge in [-0.25, -0.2) is 9.37 Å². The predicted octanol–water partition coefficient (Wildman–Crippen LogP) is 4.35. The van der Waals surface area contributed by atoms with Gasteiger partial charge in [-0.1, -0.05) is 11.3 Å². The number of aromatic nitrogens is 1. The van der Waals surface area contributed by atoms with Crippen molar-refractivity contribution in [2.24, 2.45) is 5.92 Å². The lowest BCUT2D eigenvalue weighted by Crippen LogP contribution is -2.36. The number of thiazole rings is 1. The Kier molecular flexibility index (Phi) is 7.11. The Balaban J connectivity index is 1.28. The maximum atomic E-state index is 15.1. The summed E-state index contributed by atoms with van der Waals surface area (Å²) in [6, 6.07) is 5.59. The molecule has 1 N–H and O–H groups in total. The van der Waals surface area contributed by atoms with E-state index in [1.807, 2.05) is 6.92 Å². The SMILES string of the molecule is CC(=O)N[C@@H](C)COC1CCC(Oc2ccc3nc(OC4CC(C#N)C4)sc3c2F)CC1. The molecule has 4 rings (SSSR count). The van der Waals surface area contributed by atoms with Crippen molar-refractivity contribution in [2.75, 3.05) is 6.61 Å². The lowest BCUT2D eigenvalue weighted by molar-refractivity contribution is -0.120. The first-order valence-corrected chi connectivity index (χ1v) is 11.9. The second-order valence-electron chi connectivity index (χ2n) is 8.69. The van der Waals surface area contributed by atoms with Crippen molar-refractivity contribution >= 4 is 27.5 Å². The standard InChI is InChI=1S/C23H28FN3O4S/c1-13(26-14(2)28)12-29-16-3-5-17(6-4-16)30-20-8-7-19-22(21(20)24)32-23(27-19)31-18-9-15(10-18)11-25/h7-8,13,15-18H,3-6,9-10,12H2,1-2H3,(H,26,28)/t13-,15?,16?,17?,18?/m0/s1. The highest BCUT2D eigenvalue weighted by molar-refractivity contribution is 7.20. The van der Waals surface area contributed by atoms with Crippen LogP contribution in [0.2, 0.25) is 0 Å². The minimum absolute atomic E-state index is 0.0161. The van der Waals surface area contributed by atoms with Crippen molar-refractivity contribution < 1.29 is 23.4 Å². The average Bonchev–Trinajstić information content (AvgIpc) is 3.15. The molecule has 0 radical (unpaired) electrons. The Labute approximate surface area is 190 Å². The summed E-state index contributed by atoms with van der Waals surface area (Å²) in [5, 5.41) is 12.1. The van der Waals surface area contributed by atoms with Crippen molar-refractivity contribution in [1.82, 2.24) is 10.3 Å². The lowest BCUT2D eigenvalue weighted by Gasteiger charge is -2.30. The van der Waals surface area contributed by atoms with Gasteiger partial charge in [0.2, 0.25) is 5.91 Å². The minimum Gasteiger partial charge on any atom is -0.487 e. The number of carbonyl (C=O) groups excluding carboxylic acids is 1. The molecule has 0 aliphatic heterocycles. The van der Waals surface area contributed by atoms with E-state index >= 15 is 4.39 Å². The average molecular weight is 462 g/mol. The van der Waals surface area contributed by atoms with E-state index in [9.17, 15) is 4.79 Å². The molecular weight excluding hydrogens is 433 g/mol. The zero-order valence-electron chi connectivity index (χ0n) is 18.3. The van der Waals surface area contributed by atoms with Crippen molar-refractivity contribution in [3.8, 4) is 17.0 Å². The van der Waals surface area contributed by atoms with Gasteiger partial charge in [-0.05, 0) is 44.7 Å². The van der Waals surface area contributed by atoms with Crippen molar-refractivity contribution in [3.05, 3.63) is 17.9 Å². The van der Waals surface area contributed by atoms with E-state index in [1.165, 1.54) is 18.3 Å². The van der Waals surface area contributed by atoms with Crippen LogP contribution in [0.1, 0.15) is 52.4 Å². The lowest BCUT2D eigenvalue weighted by atomic mass is 9.84. The molecule has 32 heavy (non-hydrogen) atoms. The summed E-state index contributed by atoms with van der Waals surface area (Å²) in [7, 11) is 0. The maximum absolute atomic E-state index is 15.1. The zero-order chi connectivity index (χ0) is 22.7. The van der Waals surface area contributed by atoms with E-state index in [2.05, 4.69) is 16.4 Å². The number of nitrogens with one attached hydrogen (secondary N) is 1. The topological polar surface area (TPSA) is 93.5 Å². The highest BCUT2D eigenvalue weighted by atomic mass is 32.1. The molecule has 2 aromatic rings. The van der Waals surface area contributed by atoms with Crippen LogP contribution in [0.25, 0.3) is 10.2 Å². The molecule has 1 atom stereocenters. The van der Waals surface area contributed by atoms with Gasteiger partial charge in [0.05, 0.1) is 41.0 Å². The molecule has 9 heteroatoms. The summed E-state index contributed by atoms with van der Waals surface area (Å²) in [4.78, 5) is 15.5. The summed E-state index contributed by atoms with van der Waals surface area (Å²) in [5.74, 6) is -0.176.